The van der Waals surface area contributed by atoms with E-state index in [-0.39, 0.29) is 16.3 Å². The normalized spacial score (nSPS) is 25.1. The molecule has 16 heavy (non-hydrogen) atoms. The minimum Gasteiger partial charge on any atom is -0.208 e. The van der Waals surface area contributed by atoms with Crippen molar-refractivity contribution in [3.63, 3.8) is 0 Å². The van der Waals surface area contributed by atoms with Gasteiger partial charge in [0.15, 0.2) is 0 Å². The minimum absolute atomic E-state index is 0.0564. The number of halogens is 2. The van der Waals surface area contributed by atoms with Gasteiger partial charge in [-0.25, -0.2) is 17.5 Å². The molecule has 1 aromatic carbocycles. The van der Waals surface area contributed by atoms with Crippen LogP contribution in [0, 0.1) is 5.82 Å². The highest BCUT2D eigenvalue weighted by Gasteiger charge is 2.31. The number of sulfonamides is 1. The third-order valence-corrected chi connectivity index (χ3v) is 4.42. The molecule has 1 aromatic rings. The second-order valence-corrected chi connectivity index (χ2v) is 6.17. The molecule has 0 bridgehead atoms. The summed E-state index contributed by atoms with van der Waals surface area (Å²) in [5, 5.41) is 0.0564. The van der Waals surface area contributed by atoms with Crippen molar-refractivity contribution in [3.05, 3.63) is 30.1 Å². The zero-order valence-corrected chi connectivity index (χ0v) is 9.93. The molecule has 1 aliphatic carbocycles. The van der Waals surface area contributed by atoms with E-state index in [0.29, 0.717) is 12.8 Å². The molecule has 6 heteroatoms. The van der Waals surface area contributed by atoms with Crippen molar-refractivity contribution < 1.29 is 12.8 Å². The topological polar surface area (TPSA) is 46.2 Å². The predicted molar refractivity (Wildman–Crippen MR) is 59.4 cm³/mol. The third-order valence-electron chi connectivity index (χ3n) is 2.53. The van der Waals surface area contributed by atoms with E-state index in [1.165, 1.54) is 12.1 Å². The Morgan fingerprint density at radius 2 is 1.81 bits per heavy atom. The van der Waals surface area contributed by atoms with Gasteiger partial charge in [0.25, 0.3) is 0 Å². The van der Waals surface area contributed by atoms with Gasteiger partial charge in [0.1, 0.15) is 5.82 Å². The van der Waals surface area contributed by atoms with Gasteiger partial charge in [-0.15, -0.1) is 11.6 Å². The first-order chi connectivity index (χ1) is 7.47. The van der Waals surface area contributed by atoms with Gasteiger partial charge in [-0.2, -0.15) is 0 Å². The van der Waals surface area contributed by atoms with Crippen molar-refractivity contribution in [2.24, 2.45) is 0 Å². The van der Waals surface area contributed by atoms with Crippen LogP contribution in [-0.4, -0.2) is 19.8 Å². The van der Waals surface area contributed by atoms with Crippen LogP contribution in [-0.2, 0) is 10.0 Å². The molecule has 0 radical (unpaired) electrons. The first-order valence-electron chi connectivity index (χ1n) is 4.89. The highest BCUT2D eigenvalue weighted by atomic mass is 35.5. The van der Waals surface area contributed by atoms with Crippen molar-refractivity contribution in [3.8, 4) is 0 Å². The fraction of sp³-hybridized carbons (Fsp3) is 0.400. The quantitative estimate of drug-likeness (QED) is 0.847. The van der Waals surface area contributed by atoms with Crippen LogP contribution in [0.4, 0.5) is 4.39 Å². The van der Waals surface area contributed by atoms with Crippen molar-refractivity contribution in [1.29, 1.82) is 0 Å². The summed E-state index contributed by atoms with van der Waals surface area (Å²) in [5.41, 5.74) is 0. The molecular weight excluding hydrogens is 253 g/mol. The molecule has 0 saturated heterocycles. The monoisotopic (exact) mass is 263 g/mol. The van der Waals surface area contributed by atoms with Crippen LogP contribution in [0.15, 0.2) is 29.2 Å². The Morgan fingerprint density at radius 1 is 1.25 bits per heavy atom. The number of rotatable bonds is 3. The Labute approximate surface area is 98.7 Å². The molecule has 0 spiro atoms. The fourth-order valence-corrected chi connectivity index (χ4v) is 3.24. The van der Waals surface area contributed by atoms with Crippen LogP contribution < -0.4 is 4.72 Å². The average Bonchev–Trinajstić information content (AvgIpc) is 2.15. The Morgan fingerprint density at radius 3 is 2.31 bits per heavy atom. The SMILES string of the molecule is O=S(=O)(NC1CC(Cl)C1)c1ccc(F)cc1. The first kappa shape index (κ1) is 11.8. The van der Waals surface area contributed by atoms with E-state index in [1.54, 1.807) is 0 Å². The molecule has 0 amide bonds. The molecule has 1 N–H and O–H groups in total. The molecule has 0 aromatic heterocycles. The van der Waals surface area contributed by atoms with E-state index in [9.17, 15) is 12.8 Å². The highest BCUT2D eigenvalue weighted by molar-refractivity contribution is 7.89. The van der Waals surface area contributed by atoms with Gasteiger partial charge in [0.05, 0.1) is 4.90 Å². The first-order valence-corrected chi connectivity index (χ1v) is 6.81. The second-order valence-electron chi connectivity index (χ2n) is 3.84. The van der Waals surface area contributed by atoms with Crippen LogP contribution in [0.5, 0.6) is 0 Å². The lowest BCUT2D eigenvalue weighted by Crippen LogP contribution is -2.44. The lowest BCUT2D eigenvalue weighted by Gasteiger charge is -2.31. The van der Waals surface area contributed by atoms with Crippen molar-refractivity contribution >= 4 is 21.6 Å². The van der Waals surface area contributed by atoms with Crippen molar-refractivity contribution in [2.75, 3.05) is 0 Å². The number of benzene rings is 1. The van der Waals surface area contributed by atoms with Crippen LogP contribution in [0.1, 0.15) is 12.8 Å². The van der Waals surface area contributed by atoms with Gasteiger partial charge in [0, 0.05) is 11.4 Å². The summed E-state index contributed by atoms with van der Waals surface area (Å²) >= 11 is 5.75. The summed E-state index contributed by atoms with van der Waals surface area (Å²) in [7, 11) is -3.54. The van der Waals surface area contributed by atoms with E-state index in [4.69, 9.17) is 11.6 Å². The number of hydrogen-bond donors (Lipinski definition) is 1. The summed E-state index contributed by atoms with van der Waals surface area (Å²) in [6.45, 7) is 0. The van der Waals surface area contributed by atoms with Gasteiger partial charge in [-0.3, -0.25) is 0 Å². The van der Waals surface area contributed by atoms with E-state index in [2.05, 4.69) is 4.72 Å². The van der Waals surface area contributed by atoms with Crippen LogP contribution in [0.3, 0.4) is 0 Å². The second kappa shape index (κ2) is 4.31. The maximum Gasteiger partial charge on any atom is 0.240 e. The summed E-state index contributed by atoms with van der Waals surface area (Å²) in [6, 6.07) is 4.64. The molecule has 1 fully saturated rings. The van der Waals surface area contributed by atoms with E-state index in [0.717, 1.165) is 12.1 Å². The standard InChI is InChI=1S/C10H11ClFNO2S/c11-7-5-9(6-7)13-16(14,15)10-3-1-8(12)2-4-10/h1-4,7,9,13H,5-6H2. The highest BCUT2D eigenvalue weighted by Crippen LogP contribution is 2.26. The molecule has 0 unspecified atom stereocenters. The average molecular weight is 264 g/mol. The molecule has 3 nitrogen and oxygen atoms in total. The van der Waals surface area contributed by atoms with Gasteiger partial charge in [-0.05, 0) is 37.1 Å². The predicted octanol–water partition coefficient (Wildman–Crippen LogP) is 1.87. The molecular formula is C10H11ClFNO2S. The van der Waals surface area contributed by atoms with Crippen LogP contribution >= 0.6 is 11.6 Å². The lowest BCUT2D eigenvalue weighted by molar-refractivity contribution is 0.391. The van der Waals surface area contributed by atoms with E-state index in [1.807, 2.05) is 0 Å². The lowest BCUT2D eigenvalue weighted by atomic mass is 9.94. The van der Waals surface area contributed by atoms with Gasteiger partial charge in [0.2, 0.25) is 10.0 Å². The smallest absolute Gasteiger partial charge is 0.208 e. The van der Waals surface area contributed by atoms with Gasteiger partial charge >= 0.3 is 0 Å². The fourth-order valence-electron chi connectivity index (χ4n) is 1.55. The van der Waals surface area contributed by atoms with Gasteiger partial charge < -0.3 is 0 Å². The zero-order valence-electron chi connectivity index (χ0n) is 8.36. The third kappa shape index (κ3) is 2.53. The number of nitrogens with one attached hydrogen (secondary N) is 1. The Bertz CT molecular complexity index is 468. The molecule has 2 rings (SSSR count). The van der Waals surface area contributed by atoms with E-state index < -0.39 is 15.8 Å². The Hall–Kier alpha value is -0.650. The molecule has 0 atom stereocenters. The number of hydrogen-bond acceptors (Lipinski definition) is 2. The minimum atomic E-state index is -3.54. The van der Waals surface area contributed by atoms with Crippen molar-refractivity contribution in [1.82, 2.24) is 4.72 Å². The number of alkyl halides is 1. The van der Waals surface area contributed by atoms with Crippen LogP contribution in [0.25, 0.3) is 0 Å². The Balaban J connectivity index is 2.10. The Kier molecular flexibility index (Phi) is 3.19. The molecule has 1 saturated carbocycles. The summed E-state index contributed by atoms with van der Waals surface area (Å²) < 4.78 is 38.7. The summed E-state index contributed by atoms with van der Waals surface area (Å²) in [5.74, 6) is -0.455. The molecule has 0 aliphatic heterocycles. The molecule has 88 valence electrons. The van der Waals surface area contributed by atoms with E-state index >= 15 is 0 Å². The summed E-state index contributed by atoms with van der Waals surface area (Å²) in [6.07, 6.45) is 1.28. The maximum atomic E-state index is 12.6. The van der Waals surface area contributed by atoms with Gasteiger partial charge in [-0.1, -0.05) is 0 Å². The van der Waals surface area contributed by atoms with Crippen LogP contribution in [0.2, 0.25) is 0 Å². The maximum absolute atomic E-state index is 12.6. The zero-order chi connectivity index (χ0) is 11.8. The summed E-state index contributed by atoms with van der Waals surface area (Å²) in [4.78, 5) is 0.0759. The molecule has 0 heterocycles. The van der Waals surface area contributed by atoms with Crippen molar-refractivity contribution in [2.45, 2.75) is 29.2 Å². The molecule has 1 aliphatic rings. The largest absolute Gasteiger partial charge is 0.240 e.